The summed E-state index contributed by atoms with van der Waals surface area (Å²) < 4.78 is 39.0. The first-order valence-electron chi connectivity index (χ1n) is 7.96. The van der Waals surface area contributed by atoms with Crippen LogP contribution in [0.2, 0.25) is 0 Å². The quantitative estimate of drug-likeness (QED) is 0.624. The van der Waals surface area contributed by atoms with Crippen LogP contribution in [0.3, 0.4) is 0 Å². The van der Waals surface area contributed by atoms with Crippen molar-refractivity contribution in [3.8, 4) is 0 Å². The third-order valence-electron chi connectivity index (χ3n) is 5.02. The molecule has 5 nitrogen and oxygen atoms in total. The lowest BCUT2D eigenvalue weighted by Gasteiger charge is -2.49. The predicted octanol–water partition coefficient (Wildman–Crippen LogP) is 3.85. The van der Waals surface area contributed by atoms with E-state index < -0.39 is 45.9 Å². The number of carboxylic acid groups (broad SMARTS) is 2. The van der Waals surface area contributed by atoms with Crippen LogP contribution in [0.5, 0.6) is 0 Å². The normalized spacial score (nSPS) is 26.5. The topological polar surface area (TPSA) is 74.6 Å². The Morgan fingerprint density at radius 3 is 2.04 bits per heavy atom. The summed E-state index contributed by atoms with van der Waals surface area (Å²) in [6, 6.07) is 8.08. The summed E-state index contributed by atoms with van der Waals surface area (Å²) in [6.45, 7) is 3.38. The van der Waals surface area contributed by atoms with Crippen molar-refractivity contribution in [2.45, 2.75) is 44.4 Å². The van der Waals surface area contributed by atoms with Crippen LogP contribution in [-0.4, -0.2) is 50.6 Å². The van der Waals surface area contributed by atoms with Gasteiger partial charge in [0.1, 0.15) is 12.1 Å². The first-order chi connectivity index (χ1) is 11.8. The molecular weight excluding hydrogens is 351 g/mol. The maximum Gasteiger partial charge on any atom is 0.515 e. The van der Waals surface area contributed by atoms with E-state index in [1.54, 1.807) is 30.3 Å². The molecule has 0 spiro atoms. The monoisotopic (exact) mass is 372 g/mol. The molecule has 1 aliphatic heterocycles. The van der Waals surface area contributed by atoms with E-state index >= 15 is 0 Å². The summed E-state index contributed by atoms with van der Waals surface area (Å²) in [4.78, 5) is 24.5. The lowest BCUT2D eigenvalue weighted by molar-refractivity contribution is -0.927. The molecule has 0 radical (unpaired) electrons. The van der Waals surface area contributed by atoms with Gasteiger partial charge < -0.3 is 10.2 Å². The van der Waals surface area contributed by atoms with Gasteiger partial charge in [-0.25, -0.2) is 4.79 Å². The van der Waals surface area contributed by atoms with Gasteiger partial charge in [-0.2, -0.15) is 22.4 Å². The molecule has 0 saturated carbocycles. The first kappa shape index (κ1) is 20.0. The minimum Gasteiger partial charge on any atom is -0.476 e. The molecular formula is C18H21F3NO4+. The molecule has 0 fully saturated rings. The number of rotatable bonds is 3. The lowest BCUT2D eigenvalue weighted by atomic mass is 9.83. The highest BCUT2D eigenvalue weighted by molar-refractivity contribution is 5.84. The fourth-order valence-corrected chi connectivity index (χ4v) is 3.77. The van der Waals surface area contributed by atoms with Gasteiger partial charge in [0.25, 0.3) is 0 Å². The maximum atomic E-state index is 13.4. The van der Waals surface area contributed by atoms with Gasteiger partial charge in [0.15, 0.2) is 0 Å². The Morgan fingerprint density at radius 2 is 1.65 bits per heavy atom. The Morgan fingerprint density at radius 1 is 1.12 bits per heavy atom. The molecule has 0 aliphatic carbocycles. The number of amides is 1. The number of hydrogen-bond acceptors (Lipinski definition) is 2. The van der Waals surface area contributed by atoms with E-state index in [2.05, 4.69) is 0 Å². The van der Waals surface area contributed by atoms with Crippen molar-refractivity contribution < 1.29 is 37.5 Å². The largest absolute Gasteiger partial charge is 0.515 e. The highest BCUT2D eigenvalue weighted by atomic mass is 19.4. The van der Waals surface area contributed by atoms with Crippen LogP contribution in [0.1, 0.15) is 26.3 Å². The molecule has 2 unspecified atom stereocenters. The van der Waals surface area contributed by atoms with Gasteiger partial charge in [0.2, 0.25) is 5.54 Å². The SMILES string of the molecule is CC(C)(C)[N+]1(C(=O)O)CC(C(F)(F)F)=CC1(Cc1ccccc1)C(=O)O. The number of halogens is 3. The number of nitrogens with zero attached hydrogens (tertiary/aromatic N) is 1. The minimum atomic E-state index is -4.81. The number of carbonyl (C=O) groups is 2. The first-order valence-corrected chi connectivity index (χ1v) is 7.96. The van der Waals surface area contributed by atoms with Crippen LogP contribution in [-0.2, 0) is 11.2 Å². The van der Waals surface area contributed by atoms with Crippen molar-refractivity contribution in [1.29, 1.82) is 0 Å². The van der Waals surface area contributed by atoms with Crippen molar-refractivity contribution in [2.75, 3.05) is 6.54 Å². The average Bonchev–Trinajstić information content (AvgIpc) is 2.85. The molecule has 26 heavy (non-hydrogen) atoms. The van der Waals surface area contributed by atoms with Crippen LogP contribution >= 0.6 is 0 Å². The van der Waals surface area contributed by atoms with Crippen molar-refractivity contribution in [2.24, 2.45) is 0 Å². The summed E-state index contributed by atoms with van der Waals surface area (Å²) in [5.74, 6) is -1.60. The van der Waals surface area contributed by atoms with Gasteiger partial charge in [-0.05, 0) is 26.3 Å². The van der Waals surface area contributed by atoms with Gasteiger partial charge in [0.05, 0.1) is 5.57 Å². The summed E-state index contributed by atoms with van der Waals surface area (Å²) in [7, 11) is 0. The molecule has 8 heteroatoms. The van der Waals surface area contributed by atoms with Crippen molar-refractivity contribution in [3.63, 3.8) is 0 Å². The van der Waals surface area contributed by atoms with E-state index in [9.17, 15) is 33.0 Å². The van der Waals surface area contributed by atoms with Gasteiger partial charge >= 0.3 is 18.2 Å². The van der Waals surface area contributed by atoms with Gasteiger partial charge in [-0.15, -0.1) is 0 Å². The van der Waals surface area contributed by atoms with E-state index in [4.69, 9.17) is 0 Å². The summed E-state index contributed by atoms with van der Waals surface area (Å²) in [5, 5.41) is 19.9. The van der Waals surface area contributed by atoms with Crippen LogP contribution < -0.4 is 0 Å². The lowest BCUT2D eigenvalue weighted by Crippen LogP contribution is -2.75. The molecule has 2 N–H and O–H groups in total. The van der Waals surface area contributed by atoms with Crippen LogP contribution in [0.25, 0.3) is 0 Å². The second-order valence-corrected chi connectivity index (χ2v) is 7.48. The zero-order valence-corrected chi connectivity index (χ0v) is 14.7. The Balaban J connectivity index is 2.81. The number of aliphatic carboxylic acids is 1. The predicted molar refractivity (Wildman–Crippen MR) is 87.6 cm³/mol. The summed E-state index contributed by atoms with van der Waals surface area (Å²) >= 11 is 0. The number of hydrogen-bond donors (Lipinski definition) is 2. The van der Waals surface area contributed by atoms with Gasteiger partial charge in [0, 0.05) is 12.5 Å². The van der Waals surface area contributed by atoms with Gasteiger partial charge in [-0.3, -0.25) is 0 Å². The zero-order valence-electron chi connectivity index (χ0n) is 14.7. The van der Waals surface area contributed by atoms with Crippen molar-refractivity contribution >= 4 is 12.1 Å². The standard InChI is InChI=1S/C18H20F3NO4/c1-16(2,3)22(15(25)26)11-13(18(19,20)21)10-17(22,14(23)24)9-12-7-5-4-6-8-12/h4-8,10H,9,11H2,1-3H3,(H-,23,24,25,26)/p+1. The second-order valence-electron chi connectivity index (χ2n) is 7.48. The van der Waals surface area contributed by atoms with Crippen LogP contribution in [0, 0.1) is 0 Å². The van der Waals surface area contributed by atoms with Crippen LogP contribution in [0.15, 0.2) is 42.0 Å². The van der Waals surface area contributed by atoms with Gasteiger partial charge in [-0.1, -0.05) is 30.3 Å². The number of quaternary nitrogens is 1. The third kappa shape index (κ3) is 2.88. The van der Waals surface area contributed by atoms with Crippen molar-refractivity contribution in [3.05, 3.63) is 47.5 Å². The fourth-order valence-electron chi connectivity index (χ4n) is 3.77. The molecule has 0 saturated heterocycles. The Kier molecular flexibility index (Phi) is 4.70. The third-order valence-corrected chi connectivity index (χ3v) is 5.02. The average molecular weight is 372 g/mol. The Bertz CT molecular complexity index is 752. The highest BCUT2D eigenvalue weighted by Gasteiger charge is 2.71. The molecule has 1 heterocycles. The van der Waals surface area contributed by atoms with Crippen molar-refractivity contribution in [1.82, 2.24) is 0 Å². The number of carboxylic acids is 1. The summed E-state index contributed by atoms with van der Waals surface area (Å²) in [5.41, 5.74) is -4.27. The van der Waals surface area contributed by atoms with E-state index in [-0.39, 0.29) is 6.42 Å². The Hall–Kier alpha value is -2.35. The maximum absolute atomic E-state index is 13.4. The number of alkyl halides is 3. The highest BCUT2D eigenvalue weighted by Crippen LogP contribution is 2.48. The molecule has 2 atom stereocenters. The number of benzene rings is 1. The van der Waals surface area contributed by atoms with E-state index in [0.717, 1.165) is 0 Å². The molecule has 1 amide bonds. The van der Waals surface area contributed by atoms with E-state index in [1.165, 1.54) is 20.8 Å². The molecule has 1 aliphatic rings. The molecule has 2 rings (SSSR count). The Labute approximate surface area is 148 Å². The second kappa shape index (κ2) is 6.12. The smallest absolute Gasteiger partial charge is 0.476 e. The molecule has 142 valence electrons. The molecule has 0 bridgehead atoms. The zero-order chi connectivity index (χ0) is 20.0. The fraction of sp³-hybridized carbons (Fsp3) is 0.444. The van der Waals surface area contributed by atoms with Crippen LogP contribution in [0.4, 0.5) is 18.0 Å². The summed E-state index contributed by atoms with van der Waals surface area (Å²) in [6.07, 6.45) is -6.18. The minimum absolute atomic E-state index is 0.369. The molecule has 1 aromatic rings. The van der Waals surface area contributed by atoms with E-state index in [0.29, 0.717) is 11.6 Å². The molecule has 0 aromatic heterocycles. The van der Waals surface area contributed by atoms with E-state index in [1.807, 2.05) is 0 Å². The molecule has 1 aromatic carbocycles.